The van der Waals surface area contributed by atoms with Crippen LogP contribution in [0, 0.1) is 0 Å². The molecule has 0 amide bonds. The maximum Gasteiger partial charge on any atom is 0.213 e. The third-order valence-electron chi connectivity index (χ3n) is 2.78. The van der Waals surface area contributed by atoms with Gasteiger partial charge in [0.05, 0.1) is 24.7 Å². The van der Waals surface area contributed by atoms with Crippen molar-refractivity contribution in [3.05, 3.63) is 36.3 Å². The van der Waals surface area contributed by atoms with Crippen molar-refractivity contribution in [2.45, 2.75) is 20.0 Å². The van der Waals surface area contributed by atoms with Crippen molar-refractivity contribution in [1.29, 1.82) is 0 Å². The molecule has 6 heteroatoms. The first-order valence-corrected chi connectivity index (χ1v) is 6.65. The molecule has 0 radical (unpaired) electrons. The molecule has 0 unspecified atom stereocenters. The minimum atomic E-state index is 0.506. The number of rotatable bonds is 8. The number of aromatic nitrogens is 3. The maximum atomic E-state index is 5.40. The molecule has 0 saturated heterocycles. The molecule has 0 aliphatic heterocycles. The Bertz CT molecular complexity index is 510. The summed E-state index contributed by atoms with van der Waals surface area (Å²) >= 11 is 0. The number of hydrogen-bond donors (Lipinski definition) is 1. The van der Waals surface area contributed by atoms with E-state index < -0.39 is 0 Å². The average molecular weight is 276 g/mol. The van der Waals surface area contributed by atoms with Crippen molar-refractivity contribution >= 4 is 5.69 Å². The summed E-state index contributed by atoms with van der Waals surface area (Å²) in [7, 11) is 1.64. The maximum absolute atomic E-state index is 5.40. The summed E-state index contributed by atoms with van der Waals surface area (Å²) in [6.45, 7) is 4.74. The molecule has 0 aromatic carbocycles. The standard InChI is InChI=1S/C14H20N4O2/c1-3-18-11-12(9-17-18)8-15-13-4-5-14(16-10-13)20-7-6-19-2/h4-5,9-11,15H,3,6-8H2,1-2H3. The summed E-state index contributed by atoms with van der Waals surface area (Å²) in [5, 5.41) is 7.53. The average Bonchev–Trinajstić information content (AvgIpc) is 2.95. The lowest BCUT2D eigenvalue weighted by Crippen LogP contribution is -2.05. The number of aryl methyl sites for hydroxylation is 1. The Morgan fingerprint density at radius 2 is 2.15 bits per heavy atom. The third kappa shape index (κ3) is 4.24. The number of nitrogens with one attached hydrogen (secondary N) is 1. The van der Waals surface area contributed by atoms with E-state index in [1.807, 2.05) is 29.2 Å². The van der Waals surface area contributed by atoms with E-state index in [1.165, 1.54) is 0 Å². The van der Waals surface area contributed by atoms with Gasteiger partial charge in [0.1, 0.15) is 6.61 Å². The molecule has 0 saturated carbocycles. The number of hydrogen-bond acceptors (Lipinski definition) is 5. The minimum absolute atomic E-state index is 0.506. The van der Waals surface area contributed by atoms with Crippen LogP contribution in [0.15, 0.2) is 30.7 Å². The highest BCUT2D eigenvalue weighted by Crippen LogP contribution is 2.12. The van der Waals surface area contributed by atoms with Gasteiger partial charge in [0, 0.05) is 38.0 Å². The SMILES string of the molecule is CCn1cc(CNc2ccc(OCCOC)nc2)cn1. The fourth-order valence-electron chi connectivity index (χ4n) is 1.67. The summed E-state index contributed by atoms with van der Waals surface area (Å²) in [4.78, 5) is 4.22. The van der Waals surface area contributed by atoms with Crippen molar-refractivity contribution in [1.82, 2.24) is 14.8 Å². The van der Waals surface area contributed by atoms with E-state index in [4.69, 9.17) is 9.47 Å². The second kappa shape index (κ2) is 7.49. The van der Waals surface area contributed by atoms with Crippen LogP contribution in [0.4, 0.5) is 5.69 Å². The van der Waals surface area contributed by atoms with E-state index in [-0.39, 0.29) is 0 Å². The first-order chi connectivity index (χ1) is 9.81. The third-order valence-corrected chi connectivity index (χ3v) is 2.78. The second-order valence-corrected chi connectivity index (χ2v) is 4.28. The van der Waals surface area contributed by atoms with Crippen molar-refractivity contribution in [3.63, 3.8) is 0 Å². The molecule has 1 N–H and O–H groups in total. The van der Waals surface area contributed by atoms with Gasteiger partial charge in [-0.1, -0.05) is 0 Å². The minimum Gasteiger partial charge on any atom is -0.475 e. The van der Waals surface area contributed by atoms with Gasteiger partial charge in [-0.3, -0.25) is 4.68 Å². The zero-order valence-electron chi connectivity index (χ0n) is 11.9. The Labute approximate surface area is 118 Å². The van der Waals surface area contributed by atoms with E-state index >= 15 is 0 Å². The van der Waals surface area contributed by atoms with Gasteiger partial charge in [0.15, 0.2) is 0 Å². The smallest absolute Gasteiger partial charge is 0.213 e. The van der Waals surface area contributed by atoms with Crippen molar-refractivity contribution < 1.29 is 9.47 Å². The Hall–Kier alpha value is -2.08. The number of ether oxygens (including phenoxy) is 2. The van der Waals surface area contributed by atoms with Gasteiger partial charge < -0.3 is 14.8 Å². The molecule has 2 aromatic heterocycles. The predicted octanol–water partition coefficient (Wildman–Crippen LogP) is 1.94. The highest BCUT2D eigenvalue weighted by atomic mass is 16.5. The van der Waals surface area contributed by atoms with Crippen LogP contribution in [0.5, 0.6) is 5.88 Å². The summed E-state index contributed by atoms with van der Waals surface area (Å²) in [5.74, 6) is 0.603. The molecule has 108 valence electrons. The Kier molecular flexibility index (Phi) is 5.37. The molecule has 0 aliphatic carbocycles. The molecule has 0 atom stereocenters. The normalized spacial score (nSPS) is 10.5. The van der Waals surface area contributed by atoms with E-state index in [0.717, 1.165) is 24.3 Å². The van der Waals surface area contributed by atoms with Gasteiger partial charge in [-0.15, -0.1) is 0 Å². The molecular weight excluding hydrogens is 256 g/mol. The first kappa shape index (κ1) is 14.3. The quantitative estimate of drug-likeness (QED) is 0.747. The van der Waals surface area contributed by atoms with Gasteiger partial charge >= 0.3 is 0 Å². The van der Waals surface area contributed by atoms with E-state index in [9.17, 15) is 0 Å². The fourth-order valence-corrected chi connectivity index (χ4v) is 1.67. The molecule has 0 bridgehead atoms. The summed E-state index contributed by atoms with van der Waals surface area (Å²) in [6, 6.07) is 3.78. The van der Waals surface area contributed by atoms with Crippen LogP contribution >= 0.6 is 0 Å². The molecule has 0 fully saturated rings. The Morgan fingerprint density at radius 3 is 2.80 bits per heavy atom. The van der Waals surface area contributed by atoms with Gasteiger partial charge in [0.2, 0.25) is 5.88 Å². The van der Waals surface area contributed by atoms with Crippen LogP contribution in [-0.4, -0.2) is 35.1 Å². The number of anilines is 1. The van der Waals surface area contributed by atoms with E-state index in [1.54, 1.807) is 13.3 Å². The first-order valence-electron chi connectivity index (χ1n) is 6.65. The lowest BCUT2D eigenvalue weighted by atomic mass is 10.3. The molecule has 6 nitrogen and oxygen atoms in total. The molecule has 2 heterocycles. The summed E-state index contributed by atoms with van der Waals surface area (Å²) < 4.78 is 12.2. The van der Waals surface area contributed by atoms with Crippen LogP contribution in [0.2, 0.25) is 0 Å². The molecule has 2 rings (SSSR count). The van der Waals surface area contributed by atoms with Crippen LogP contribution in [-0.2, 0) is 17.8 Å². The largest absolute Gasteiger partial charge is 0.475 e. The van der Waals surface area contributed by atoms with E-state index in [2.05, 4.69) is 22.3 Å². The molecule has 0 aliphatic rings. The monoisotopic (exact) mass is 276 g/mol. The molecule has 2 aromatic rings. The number of nitrogens with zero attached hydrogens (tertiary/aromatic N) is 3. The topological polar surface area (TPSA) is 61.2 Å². The molecule has 0 spiro atoms. The fraction of sp³-hybridized carbons (Fsp3) is 0.429. The van der Waals surface area contributed by atoms with Gasteiger partial charge in [0.25, 0.3) is 0 Å². The van der Waals surface area contributed by atoms with Crippen LogP contribution in [0.1, 0.15) is 12.5 Å². The molecule has 20 heavy (non-hydrogen) atoms. The predicted molar refractivity (Wildman–Crippen MR) is 76.8 cm³/mol. The number of methoxy groups -OCH3 is 1. The van der Waals surface area contributed by atoms with Crippen LogP contribution in [0.25, 0.3) is 0 Å². The van der Waals surface area contributed by atoms with Crippen LogP contribution in [0.3, 0.4) is 0 Å². The summed E-state index contributed by atoms with van der Waals surface area (Å²) in [5.41, 5.74) is 2.10. The zero-order chi connectivity index (χ0) is 14.2. The van der Waals surface area contributed by atoms with Gasteiger partial charge in [-0.05, 0) is 13.0 Å². The highest BCUT2D eigenvalue weighted by Gasteiger charge is 1.99. The Balaban J connectivity index is 1.81. The zero-order valence-corrected chi connectivity index (χ0v) is 11.9. The summed E-state index contributed by atoms with van der Waals surface area (Å²) in [6.07, 6.45) is 5.65. The second-order valence-electron chi connectivity index (χ2n) is 4.28. The van der Waals surface area contributed by atoms with Crippen molar-refractivity contribution in [3.8, 4) is 5.88 Å². The Morgan fingerprint density at radius 1 is 1.25 bits per heavy atom. The van der Waals surface area contributed by atoms with Crippen molar-refractivity contribution in [2.75, 3.05) is 25.6 Å². The van der Waals surface area contributed by atoms with Gasteiger partial charge in [-0.25, -0.2) is 4.98 Å². The van der Waals surface area contributed by atoms with E-state index in [0.29, 0.717) is 19.1 Å². The lowest BCUT2D eigenvalue weighted by Gasteiger charge is -2.07. The van der Waals surface area contributed by atoms with Crippen LogP contribution < -0.4 is 10.1 Å². The molecular formula is C14H20N4O2. The lowest BCUT2D eigenvalue weighted by molar-refractivity contribution is 0.144. The highest BCUT2D eigenvalue weighted by molar-refractivity contribution is 5.42. The number of pyridine rings is 1. The van der Waals surface area contributed by atoms with Crippen molar-refractivity contribution in [2.24, 2.45) is 0 Å². The van der Waals surface area contributed by atoms with Gasteiger partial charge in [-0.2, -0.15) is 5.10 Å².